The molecule has 6 nitrogen and oxygen atoms in total. The smallest absolute Gasteiger partial charge is 0.232 e. The van der Waals surface area contributed by atoms with Crippen molar-refractivity contribution in [1.29, 1.82) is 0 Å². The van der Waals surface area contributed by atoms with Crippen LogP contribution in [0.15, 0.2) is 30.3 Å². The van der Waals surface area contributed by atoms with E-state index in [1.165, 1.54) is 56.1 Å². The number of nitrogens with one attached hydrogen (secondary N) is 2. The van der Waals surface area contributed by atoms with Crippen LogP contribution in [0.4, 0.5) is 17.6 Å². The predicted octanol–water partition coefficient (Wildman–Crippen LogP) is 4.89. The van der Waals surface area contributed by atoms with Gasteiger partial charge in [-0.25, -0.2) is 0 Å². The number of anilines is 3. The van der Waals surface area contributed by atoms with Crippen molar-refractivity contribution in [3.63, 3.8) is 0 Å². The third-order valence-electron chi connectivity index (χ3n) is 7.43. The molecule has 2 aliphatic heterocycles. The molecule has 0 unspecified atom stereocenters. The maximum Gasteiger partial charge on any atom is 0.232 e. The van der Waals surface area contributed by atoms with E-state index in [4.69, 9.17) is 22.2 Å². The lowest BCUT2D eigenvalue weighted by atomic mass is 9.96. The highest BCUT2D eigenvalue weighted by atomic mass is 32.1. The Morgan fingerprint density at radius 3 is 2.36 bits per heavy atom. The standard InChI is InChI=1S/C26H36N6S/c1-19-11-14-31(15-12-19)23-17-24(32-16-13-20-7-5-6-8-21(20)18-32)29-25(28-23)30-26(33)27-22-9-3-2-4-10-22/h5-8,17,19,22H,2-4,9-16,18H2,1H3,(H2,27,28,29,30,33). The summed E-state index contributed by atoms with van der Waals surface area (Å²) in [5.74, 6) is 3.38. The zero-order valence-corrected chi connectivity index (χ0v) is 20.5. The lowest BCUT2D eigenvalue weighted by Gasteiger charge is -2.33. The Labute approximate surface area is 203 Å². The van der Waals surface area contributed by atoms with Crippen LogP contribution < -0.4 is 20.4 Å². The Kier molecular flexibility index (Phi) is 6.95. The van der Waals surface area contributed by atoms with Gasteiger partial charge < -0.3 is 20.4 Å². The molecule has 0 spiro atoms. The van der Waals surface area contributed by atoms with E-state index in [1.54, 1.807) is 0 Å². The van der Waals surface area contributed by atoms with Crippen molar-refractivity contribution in [2.24, 2.45) is 5.92 Å². The van der Waals surface area contributed by atoms with Gasteiger partial charge in [0.2, 0.25) is 5.95 Å². The molecule has 3 heterocycles. The molecule has 2 fully saturated rings. The van der Waals surface area contributed by atoms with Crippen LogP contribution in [-0.4, -0.2) is 40.8 Å². The van der Waals surface area contributed by atoms with Crippen LogP contribution in [0.5, 0.6) is 0 Å². The van der Waals surface area contributed by atoms with Gasteiger partial charge in [-0.2, -0.15) is 9.97 Å². The van der Waals surface area contributed by atoms with Crippen LogP contribution in [0.3, 0.4) is 0 Å². The molecular weight excluding hydrogens is 428 g/mol. The lowest BCUT2D eigenvalue weighted by Crippen LogP contribution is -2.39. The lowest BCUT2D eigenvalue weighted by molar-refractivity contribution is 0.414. The predicted molar refractivity (Wildman–Crippen MR) is 140 cm³/mol. The third kappa shape index (κ3) is 5.57. The summed E-state index contributed by atoms with van der Waals surface area (Å²) >= 11 is 5.65. The molecule has 0 amide bonds. The normalized spacial score (nSPS) is 19.8. The zero-order valence-electron chi connectivity index (χ0n) is 19.7. The first-order valence-electron chi connectivity index (χ1n) is 12.7. The second-order valence-corrected chi connectivity index (χ2v) is 10.4. The van der Waals surface area contributed by atoms with Gasteiger partial charge in [-0.05, 0) is 61.4 Å². The van der Waals surface area contributed by atoms with E-state index in [-0.39, 0.29) is 0 Å². The number of thiocarbonyl (C=S) groups is 1. The van der Waals surface area contributed by atoms with Gasteiger partial charge in [-0.3, -0.25) is 0 Å². The molecule has 0 bridgehead atoms. The van der Waals surface area contributed by atoms with Crippen LogP contribution in [0, 0.1) is 5.92 Å². The molecule has 2 aromatic rings. The molecule has 176 valence electrons. The van der Waals surface area contributed by atoms with Crippen LogP contribution >= 0.6 is 12.2 Å². The molecule has 5 rings (SSSR count). The summed E-state index contributed by atoms with van der Waals surface area (Å²) in [6.45, 7) is 6.29. The summed E-state index contributed by atoms with van der Waals surface area (Å²) in [5.41, 5.74) is 2.84. The van der Waals surface area contributed by atoms with Gasteiger partial charge in [0.25, 0.3) is 0 Å². The number of aromatic nitrogens is 2. The summed E-state index contributed by atoms with van der Waals surface area (Å²) in [5, 5.41) is 7.46. The Morgan fingerprint density at radius 2 is 1.61 bits per heavy atom. The Balaban J connectivity index is 1.37. The molecule has 1 aromatic heterocycles. The molecular formula is C26H36N6S. The van der Waals surface area contributed by atoms with Gasteiger partial charge >= 0.3 is 0 Å². The highest BCUT2D eigenvalue weighted by Gasteiger charge is 2.23. The third-order valence-corrected chi connectivity index (χ3v) is 7.65. The van der Waals surface area contributed by atoms with Crippen LogP contribution in [0.25, 0.3) is 0 Å². The quantitative estimate of drug-likeness (QED) is 0.625. The summed E-state index contributed by atoms with van der Waals surface area (Å²) < 4.78 is 0. The molecule has 0 atom stereocenters. The second-order valence-electron chi connectivity index (χ2n) is 9.95. The number of fused-ring (bicyclic) bond motifs is 1. The van der Waals surface area contributed by atoms with Crippen LogP contribution in [-0.2, 0) is 13.0 Å². The first kappa shape index (κ1) is 22.4. The van der Waals surface area contributed by atoms with Crippen LogP contribution in [0.2, 0.25) is 0 Å². The number of rotatable bonds is 4. The zero-order chi connectivity index (χ0) is 22.6. The Morgan fingerprint density at radius 1 is 0.909 bits per heavy atom. The molecule has 33 heavy (non-hydrogen) atoms. The minimum atomic E-state index is 0.462. The van der Waals surface area contributed by atoms with Crippen LogP contribution in [0.1, 0.15) is 63.0 Å². The summed E-state index contributed by atoms with van der Waals surface area (Å²) in [6, 6.07) is 11.4. The number of benzene rings is 1. The van der Waals surface area contributed by atoms with Crippen molar-refractivity contribution < 1.29 is 0 Å². The summed E-state index contributed by atoms with van der Waals surface area (Å²) in [6.07, 6.45) is 9.73. The SMILES string of the molecule is CC1CCN(c2cc(N3CCc4ccccc4C3)nc(NC(=S)NC3CCCCC3)n2)CC1. The first-order valence-corrected chi connectivity index (χ1v) is 13.1. The fraction of sp³-hybridized carbons (Fsp3) is 0.577. The molecule has 1 saturated carbocycles. The molecule has 2 N–H and O–H groups in total. The van der Waals surface area contributed by atoms with Crippen molar-refractivity contribution in [3.05, 3.63) is 41.5 Å². The highest BCUT2D eigenvalue weighted by Crippen LogP contribution is 2.29. The summed E-state index contributed by atoms with van der Waals surface area (Å²) in [7, 11) is 0. The number of piperidine rings is 1. The van der Waals surface area contributed by atoms with Gasteiger partial charge in [0.05, 0.1) is 0 Å². The van der Waals surface area contributed by atoms with E-state index in [0.29, 0.717) is 17.1 Å². The number of hydrogen-bond donors (Lipinski definition) is 2. The average Bonchev–Trinajstić information content (AvgIpc) is 2.84. The number of nitrogens with zero attached hydrogens (tertiary/aromatic N) is 4. The number of hydrogen-bond acceptors (Lipinski definition) is 5. The first-order chi connectivity index (χ1) is 16.1. The largest absolute Gasteiger partial charge is 0.360 e. The summed E-state index contributed by atoms with van der Waals surface area (Å²) in [4.78, 5) is 14.6. The molecule has 0 radical (unpaired) electrons. The van der Waals surface area contributed by atoms with Crippen molar-refractivity contribution >= 4 is 34.9 Å². The minimum absolute atomic E-state index is 0.462. The Hall–Kier alpha value is -2.41. The topological polar surface area (TPSA) is 56.3 Å². The fourth-order valence-electron chi connectivity index (χ4n) is 5.30. The molecule has 1 saturated heterocycles. The van der Waals surface area contributed by atoms with Crippen molar-refractivity contribution in [2.75, 3.05) is 34.8 Å². The van der Waals surface area contributed by atoms with E-state index < -0.39 is 0 Å². The second kappa shape index (κ2) is 10.2. The molecule has 3 aliphatic rings. The van der Waals surface area contributed by atoms with Gasteiger partial charge in [0, 0.05) is 38.3 Å². The highest BCUT2D eigenvalue weighted by molar-refractivity contribution is 7.80. The van der Waals surface area contributed by atoms with E-state index in [0.717, 1.165) is 50.2 Å². The monoisotopic (exact) mass is 464 g/mol. The molecule has 1 aromatic carbocycles. The van der Waals surface area contributed by atoms with Crippen molar-refractivity contribution in [3.8, 4) is 0 Å². The van der Waals surface area contributed by atoms with Crippen molar-refractivity contribution in [2.45, 2.75) is 70.9 Å². The van der Waals surface area contributed by atoms with Gasteiger partial charge in [-0.15, -0.1) is 0 Å². The van der Waals surface area contributed by atoms with Crippen molar-refractivity contribution in [1.82, 2.24) is 15.3 Å². The van der Waals surface area contributed by atoms with E-state index in [1.807, 2.05) is 0 Å². The maximum atomic E-state index is 5.65. The molecule has 1 aliphatic carbocycles. The Bertz CT molecular complexity index is 965. The van der Waals surface area contributed by atoms with Gasteiger partial charge in [-0.1, -0.05) is 50.5 Å². The molecule has 7 heteroatoms. The van der Waals surface area contributed by atoms with E-state index in [2.05, 4.69) is 57.7 Å². The minimum Gasteiger partial charge on any atom is -0.360 e. The van der Waals surface area contributed by atoms with E-state index >= 15 is 0 Å². The van der Waals surface area contributed by atoms with Gasteiger partial charge in [0.1, 0.15) is 11.6 Å². The van der Waals surface area contributed by atoms with E-state index in [9.17, 15) is 0 Å². The van der Waals surface area contributed by atoms with Gasteiger partial charge in [0.15, 0.2) is 5.11 Å². The fourth-order valence-corrected chi connectivity index (χ4v) is 5.56. The average molecular weight is 465 g/mol. The maximum absolute atomic E-state index is 5.65.